The average Bonchev–Trinajstić information content (AvgIpc) is 2.37. The van der Waals surface area contributed by atoms with Crippen LogP contribution < -0.4 is 11.1 Å². The molecule has 0 aromatic heterocycles. The largest absolute Gasteiger partial charge is 0.460 e. The van der Waals surface area contributed by atoms with Gasteiger partial charge in [0, 0.05) is 18.9 Å². The molecule has 0 heterocycles. The first kappa shape index (κ1) is 23.4. The Kier molecular flexibility index (Phi) is 9.11. The summed E-state index contributed by atoms with van der Waals surface area (Å²) in [5.41, 5.74) is 4.36. The molecule has 2 atom stereocenters. The summed E-state index contributed by atoms with van der Waals surface area (Å²) in [6.45, 7) is 12.3. The molecule has 0 spiro atoms. The highest BCUT2D eigenvalue weighted by atomic mass is 16.6. The van der Waals surface area contributed by atoms with Crippen molar-refractivity contribution in [2.45, 2.75) is 97.4 Å². The molecule has 0 aliphatic heterocycles. The van der Waals surface area contributed by atoms with Gasteiger partial charge in [0.2, 0.25) is 5.91 Å². The van der Waals surface area contributed by atoms with E-state index in [-0.39, 0.29) is 31.2 Å². The molecule has 7 nitrogen and oxygen atoms in total. The van der Waals surface area contributed by atoms with Gasteiger partial charge in [0.1, 0.15) is 17.2 Å². The predicted octanol–water partition coefficient (Wildman–Crippen LogP) is 2.06. The van der Waals surface area contributed by atoms with E-state index in [9.17, 15) is 14.4 Å². The Morgan fingerprint density at radius 2 is 1.44 bits per heavy atom. The quantitative estimate of drug-likeness (QED) is 0.643. The van der Waals surface area contributed by atoms with Gasteiger partial charge >= 0.3 is 11.9 Å². The zero-order valence-electron chi connectivity index (χ0n) is 16.6. The van der Waals surface area contributed by atoms with Crippen molar-refractivity contribution in [2.24, 2.45) is 5.73 Å². The zero-order valence-corrected chi connectivity index (χ0v) is 16.6. The lowest BCUT2D eigenvalue weighted by molar-refractivity contribution is -0.160. The van der Waals surface area contributed by atoms with Crippen LogP contribution in [0.5, 0.6) is 0 Å². The average molecular weight is 358 g/mol. The molecule has 0 radical (unpaired) electrons. The Labute approximate surface area is 151 Å². The number of hydrogen-bond acceptors (Lipinski definition) is 6. The maximum absolute atomic E-state index is 12.3. The molecule has 1 amide bonds. The van der Waals surface area contributed by atoms with E-state index < -0.39 is 29.2 Å². The molecule has 0 saturated carbocycles. The van der Waals surface area contributed by atoms with E-state index in [1.54, 1.807) is 48.5 Å². The number of carbonyl (C=O) groups excluding carboxylic acids is 3. The third-order valence-corrected chi connectivity index (χ3v) is 2.91. The molecular formula is C18H34N2O5. The van der Waals surface area contributed by atoms with Gasteiger partial charge in [0.25, 0.3) is 0 Å². The molecule has 0 aromatic carbocycles. The minimum absolute atomic E-state index is 0.00868. The van der Waals surface area contributed by atoms with Gasteiger partial charge in [-0.3, -0.25) is 9.59 Å². The molecule has 0 saturated heterocycles. The molecule has 0 aliphatic carbocycles. The fraction of sp³-hybridized carbons (Fsp3) is 0.833. The molecule has 2 unspecified atom stereocenters. The predicted molar refractivity (Wildman–Crippen MR) is 95.7 cm³/mol. The van der Waals surface area contributed by atoms with E-state index in [1.807, 2.05) is 0 Å². The van der Waals surface area contributed by atoms with Gasteiger partial charge in [-0.2, -0.15) is 0 Å². The van der Waals surface area contributed by atoms with Gasteiger partial charge in [-0.25, -0.2) is 4.79 Å². The summed E-state index contributed by atoms with van der Waals surface area (Å²) >= 11 is 0. The Hall–Kier alpha value is -1.63. The molecule has 25 heavy (non-hydrogen) atoms. The maximum atomic E-state index is 12.3. The second-order valence-electron chi connectivity index (χ2n) is 8.29. The summed E-state index contributed by atoms with van der Waals surface area (Å²) < 4.78 is 10.6. The lowest BCUT2D eigenvalue weighted by atomic mass is 10.1. The van der Waals surface area contributed by atoms with Crippen molar-refractivity contribution in [3.63, 3.8) is 0 Å². The third-order valence-electron chi connectivity index (χ3n) is 2.91. The first-order valence-corrected chi connectivity index (χ1v) is 8.69. The van der Waals surface area contributed by atoms with Crippen molar-refractivity contribution < 1.29 is 23.9 Å². The van der Waals surface area contributed by atoms with E-state index in [0.29, 0.717) is 6.42 Å². The Morgan fingerprint density at radius 3 is 1.88 bits per heavy atom. The Bertz CT molecular complexity index is 461. The van der Waals surface area contributed by atoms with Crippen molar-refractivity contribution >= 4 is 17.8 Å². The molecule has 7 heteroatoms. The fourth-order valence-electron chi connectivity index (χ4n) is 1.90. The van der Waals surface area contributed by atoms with Gasteiger partial charge in [-0.15, -0.1) is 0 Å². The highest BCUT2D eigenvalue weighted by Gasteiger charge is 2.28. The van der Waals surface area contributed by atoms with Crippen LogP contribution in [0.4, 0.5) is 0 Å². The van der Waals surface area contributed by atoms with Crippen LogP contribution in [0.15, 0.2) is 0 Å². The fourth-order valence-corrected chi connectivity index (χ4v) is 1.90. The van der Waals surface area contributed by atoms with E-state index >= 15 is 0 Å². The highest BCUT2D eigenvalue weighted by Crippen LogP contribution is 2.13. The SMILES string of the molecule is CC(N)CCC(=O)NC(CCC(=O)OC(C)(C)C)C(=O)OC(C)(C)C. The van der Waals surface area contributed by atoms with E-state index in [2.05, 4.69) is 5.32 Å². The summed E-state index contributed by atoms with van der Waals surface area (Å²) in [6.07, 6.45) is 0.852. The van der Waals surface area contributed by atoms with Gasteiger partial charge < -0.3 is 20.5 Å². The van der Waals surface area contributed by atoms with Gasteiger partial charge in [-0.1, -0.05) is 0 Å². The first-order valence-electron chi connectivity index (χ1n) is 8.69. The van der Waals surface area contributed by atoms with Crippen molar-refractivity contribution in [1.29, 1.82) is 0 Å². The van der Waals surface area contributed by atoms with E-state index in [1.165, 1.54) is 0 Å². The topological polar surface area (TPSA) is 108 Å². The summed E-state index contributed by atoms with van der Waals surface area (Å²) in [6, 6.07) is -1.00. The van der Waals surface area contributed by atoms with Crippen molar-refractivity contribution in [1.82, 2.24) is 5.32 Å². The monoisotopic (exact) mass is 358 g/mol. The van der Waals surface area contributed by atoms with Crippen LogP contribution in [-0.4, -0.2) is 41.1 Å². The first-order chi connectivity index (χ1) is 11.2. The molecule has 0 fully saturated rings. The number of amides is 1. The van der Waals surface area contributed by atoms with E-state index in [4.69, 9.17) is 15.2 Å². The summed E-state index contributed by atoms with van der Waals surface area (Å²) in [5, 5.41) is 2.64. The second kappa shape index (κ2) is 9.75. The van der Waals surface area contributed by atoms with Crippen LogP contribution in [-0.2, 0) is 23.9 Å². The van der Waals surface area contributed by atoms with Crippen LogP contribution in [0.3, 0.4) is 0 Å². The molecule has 3 N–H and O–H groups in total. The van der Waals surface area contributed by atoms with E-state index in [0.717, 1.165) is 0 Å². The van der Waals surface area contributed by atoms with Crippen LogP contribution in [0.2, 0.25) is 0 Å². The van der Waals surface area contributed by atoms with Crippen molar-refractivity contribution in [2.75, 3.05) is 0 Å². The molecule has 146 valence electrons. The minimum Gasteiger partial charge on any atom is -0.460 e. The van der Waals surface area contributed by atoms with Crippen LogP contribution >= 0.6 is 0 Å². The van der Waals surface area contributed by atoms with Gasteiger partial charge in [0.15, 0.2) is 0 Å². The van der Waals surface area contributed by atoms with Gasteiger partial charge in [-0.05, 0) is 61.3 Å². The highest BCUT2D eigenvalue weighted by molar-refractivity contribution is 5.85. The second-order valence-corrected chi connectivity index (χ2v) is 8.29. The number of nitrogens with one attached hydrogen (secondary N) is 1. The van der Waals surface area contributed by atoms with Crippen LogP contribution in [0.25, 0.3) is 0 Å². The van der Waals surface area contributed by atoms with Crippen molar-refractivity contribution in [3.05, 3.63) is 0 Å². The number of carbonyl (C=O) groups is 3. The Balaban J connectivity index is 4.81. The number of hydrogen-bond donors (Lipinski definition) is 2. The standard InChI is InChI=1S/C18H34N2O5/c1-12(19)8-10-14(21)20-13(16(23)25-18(5,6)7)9-11-15(22)24-17(2,3)4/h12-13H,8-11,19H2,1-7H3,(H,20,21). The lowest BCUT2D eigenvalue weighted by Crippen LogP contribution is -2.44. The zero-order chi connectivity index (χ0) is 19.8. The summed E-state index contributed by atoms with van der Waals surface area (Å²) in [4.78, 5) is 36.2. The molecule has 0 aromatic rings. The molecule has 0 bridgehead atoms. The normalized spacial score (nSPS) is 14.4. The van der Waals surface area contributed by atoms with Crippen LogP contribution in [0.1, 0.15) is 74.1 Å². The lowest BCUT2D eigenvalue weighted by Gasteiger charge is -2.25. The smallest absolute Gasteiger partial charge is 0.329 e. The maximum Gasteiger partial charge on any atom is 0.329 e. The molecule has 0 rings (SSSR count). The van der Waals surface area contributed by atoms with Crippen molar-refractivity contribution in [3.8, 4) is 0 Å². The van der Waals surface area contributed by atoms with Crippen LogP contribution in [0, 0.1) is 0 Å². The molecule has 0 aliphatic rings. The Morgan fingerprint density at radius 1 is 0.920 bits per heavy atom. The van der Waals surface area contributed by atoms with Gasteiger partial charge in [0.05, 0.1) is 0 Å². The summed E-state index contributed by atoms with van der Waals surface area (Å²) in [7, 11) is 0. The molecular weight excluding hydrogens is 324 g/mol. The third kappa shape index (κ3) is 13.3. The number of rotatable bonds is 8. The number of esters is 2. The minimum atomic E-state index is -0.896. The summed E-state index contributed by atoms with van der Waals surface area (Å²) in [5.74, 6) is -1.28. The number of ether oxygens (including phenoxy) is 2. The number of nitrogens with two attached hydrogens (primary N) is 1.